The van der Waals surface area contributed by atoms with Gasteiger partial charge in [0.1, 0.15) is 5.56 Å². The van der Waals surface area contributed by atoms with Crippen molar-refractivity contribution in [3.63, 3.8) is 0 Å². The molecule has 3 atom stereocenters. The van der Waals surface area contributed by atoms with Gasteiger partial charge in [0, 0.05) is 36.6 Å². The Morgan fingerprint density at radius 1 is 1.32 bits per heavy atom. The number of nitrogens with zero attached hydrogens (tertiary/aromatic N) is 2. The van der Waals surface area contributed by atoms with Crippen LogP contribution in [0.3, 0.4) is 0 Å². The Balaban J connectivity index is 2.41. The summed E-state index contributed by atoms with van der Waals surface area (Å²) in [6.07, 6.45) is 11.1. The number of esters is 1. The van der Waals surface area contributed by atoms with E-state index < -0.39 is 5.97 Å². The molecule has 5 heteroatoms. The lowest BCUT2D eigenvalue weighted by molar-refractivity contribution is 0.0522. The highest BCUT2D eigenvalue weighted by Gasteiger charge is 2.42. The minimum Gasteiger partial charge on any atom is -0.462 e. The topological polar surface area (TPSA) is 60.7 Å². The van der Waals surface area contributed by atoms with E-state index in [-0.39, 0.29) is 35.0 Å². The van der Waals surface area contributed by atoms with Crippen LogP contribution in [-0.2, 0) is 4.74 Å². The predicted octanol–water partition coefficient (Wildman–Crippen LogP) is 6.41. The Kier molecular flexibility index (Phi) is 7.84. The van der Waals surface area contributed by atoms with Crippen LogP contribution in [0.15, 0.2) is 51.4 Å². The molecule has 1 fully saturated rings. The van der Waals surface area contributed by atoms with Crippen LogP contribution in [0.1, 0.15) is 89.8 Å². The van der Waals surface area contributed by atoms with Crippen LogP contribution in [-0.4, -0.2) is 29.9 Å². The molecule has 2 aliphatic rings. The Morgan fingerprint density at radius 3 is 2.59 bits per heavy atom. The molecule has 5 nitrogen and oxygen atoms in total. The van der Waals surface area contributed by atoms with Gasteiger partial charge in [0.15, 0.2) is 5.43 Å². The molecule has 0 aliphatic heterocycles. The zero-order valence-electron chi connectivity index (χ0n) is 22.1. The summed E-state index contributed by atoms with van der Waals surface area (Å²) in [5, 5.41) is 0. The van der Waals surface area contributed by atoms with Crippen molar-refractivity contribution in [1.82, 2.24) is 4.57 Å². The Hall–Kier alpha value is -2.69. The average molecular weight is 465 g/mol. The standard InChI is InChI=1S/C29H40N2O3/c1-9-18(3)25(21-13-11-12-19(4)26(21)30-8)23-16-24(32)22(28(33)34-10-2)17-31(23)27-20(5)14-15-29(27,6)7/h11-13,16-18,20,27H,9-10,14-15H2,1-8H3/b25-21+,30-26?. The van der Waals surface area contributed by atoms with E-state index in [0.717, 1.165) is 47.4 Å². The Morgan fingerprint density at radius 2 is 2.03 bits per heavy atom. The SMILES string of the molecule is CCOC(=O)c1cn(C2C(C)CCC2(C)C)c(/C(=C2\C=CC=C(C)C2=NC)C(C)CC)cc1=O. The summed E-state index contributed by atoms with van der Waals surface area (Å²) in [5.74, 6) is 0.0553. The molecule has 3 unspecified atom stereocenters. The van der Waals surface area contributed by atoms with E-state index in [1.807, 2.05) is 7.05 Å². The van der Waals surface area contributed by atoms with Crippen LogP contribution in [0.2, 0.25) is 0 Å². The van der Waals surface area contributed by atoms with Crippen molar-refractivity contribution in [2.24, 2.45) is 22.2 Å². The molecule has 0 bridgehead atoms. The van der Waals surface area contributed by atoms with Gasteiger partial charge in [0.05, 0.1) is 12.3 Å². The summed E-state index contributed by atoms with van der Waals surface area (Å²) >= 11 is 0. The van der Waals surface area contributed by atoms with Crippen molar-refractivity contribution in [1.29, 1.82) is 0 Å². The second-order valence-corrected chi connectivity index (χ2v) is 10.4. The first kappa shape index (κ1) is 25.9. The van der Waals surface area contributed by atoms with Gasteiger partial charge in [-0.2, -0.15) is 0 Å². The Labute approximate surface area is 204 Å². The van der Waals surface area contributed by atoms with Crippen LogP contribution < -0.4 is 5.43 Å². The number of carbonyl (C=O) groups excluding carboxylic acids is 1. The highest BCUT2D eigenvalue weighted by atomic mass is 16.5. The fraction of sp³-hybridized carbons (Fsp3) is 0.552. The number of allylic oxidation sites excluding steroid dienone is 6. The second kappa shape index (κ2) is 10.3. The highest BCUT2D eigenvalue weighted by molar-refractivity contribution is 6.19. The van der Waals surface area contributed by atoms with Crippen LogP contribution in [0.5, 0.6) is 0 Å². The Bertz CT molecular complexity index is 1130. The molecule has 184 valence electrons. The summed E-state index contributed by atoms with van der Waals surface area (Å²) in [6.45, 7) is 15.3. The molecule has 1 saturated carbocycles. The summed E-state index contributed by atoms with van der Waals surface area (Å²) in [6, 6.07) is 1.82. The number of hydrogen-bond donors (Lipinski definition) is 0. The van der Waals surface area contributed by atoms with E-state index in [2.05, 4.69) is 69.3 Å². The number of aliphatic imine (C=N–C) groups is 1. The third kappa shape index (κ3) is 4.75. The van der Waals surface area contributed by atoms with Gasteiger partial charge in [0.2, 0.25) is 0 Å². The molecule has 0 amide bonds. The van der Waals surface area contributed by atoms with Gasteiger partial charge in [-0.3, -0.25) is 9.79 Å². The molecule has 2 aliphatic carbocycles. The number of hydrogen-bond acceptors (Lipinski definition) is 4. The zero-order chi connectivity index (χ0) is 25.2. The molecular formula is C29H40N2O3. The predicted molar refractivity (Wildman–Crippen MR) is 141 cm³/mol. The molecule has 1 aromatic rings. The highest BCUT2D eigenvalue weighted by Crippen LogP contribution is 2.50. The third-order valence-corrected chi connectivity index (χ3v) is 7.59. The van der Waals surface area contributed by atoms with Gasteiger partial charge in [0.25, 0.3) is 0 Å². The molecule has 0 radical (unpaired) electrons. The second-order valence-electron chi connectivity index (χ2n) is 10.4. The van der Waals surface area contributed by atoms with Crippen LogP contribution >= 0.6 is 0 Å². The summed E-state index contributed by atoms with van der Waals surface area (Å²) < 4.78 is 7.45. The summed E-state index contributed by atoms with van der Waals surface area (Å²) in [4.78, 5) is 30.6. The number of aromatic nitrogens is 1. The summed E-state index contributed by atoms with van der Waals surface area (Å²) in [7, 11) is 1.82. The summed E-state index contributed by atoms with van der Waals surface area (Å²) in [5.41, 5.74) is 4.93. The molecular weight excluding hydrogens is 424 g/mol. The maximum Gasteiger partial charge on any atom is 0.343 e. The van der Waals surface area contributed by atoms with Gasteiger partial charge in [-0.05, 0) is 61.5 Å². The van der Waals surface area contributed by atoms with E-state index in [1.165, 1.54) is 0 Å². The van der Waals surface area contributed by atoms with Crippen molar-refractivity contribution >= 4 is 17.3 Å². The number of rotatable bonds is 6. The minimum atomic E-state index is -0.554. The molecule has 3 rings (SSSR count). The zero-order valence-corrected chi connectivity index (χ0v) is 22.1. The first-order valence-corrected chi connectivity index (χ1v) is 12.6. The van der Waals surface area contributed by atoms with E-state index in [1.54, 1.807) is 19.2 Å². The van der Waals surface area contributed by atoms with Crippen LogP contribution in [0.25, 0.3) is 5.57 Å². The molecule has 1 aromatic heterocycles. The fourth-order valence-corrected chi connectivity index (χ4v) is 5.72. The largest absolute Gasteiger partial charge is 0.462 e. The first-order chi connectivity index (χ1) is 16.1. The smallest absolute Gasteiger partial charge is 0.343 e. The average Bonchev–Trinajstić information content (AvgIpc) is 3.06. The quantitative estimate of drug-likeness (QED) is 0.457. The molecule has 0 N–H and O–H groups in total. The molecule has 0 aromatic carbocycles. The maximum atomic E-state index is 13.3. The number of ether oxygens (including phenoxy) is 1. The normalized spacial score (nSPS) is 25.3. The van der Waals surface area contributed by atoms with Gasteiger partial charge in [-0.1, -0.05) is 52.8 Å². The van der Waals surface area contributed by atoms with Gasteiger partial charge >= 0.3 is 5.97 Å². The van der Waals surface area contributed by atoms with Crippen molar-refractivity contribution < 1.29 is 9.53 Å². The van der Waals surface area contributed by atoms with Gasteiger partial charge in [-0.25, -0.2) is 4.79 Å². The lowest BCUT2D eigenvalue weighted by atomic mass is 9.82. The molecule has 1 heterocycles. The molecule has 0 saturated heterocycles. The van der Waals surface area contributed by atoms with Crippen molar-refractivity contribution in [2.45, 2.75) is 73.8 Å². The van der Waals surface area contributed by atoms with E-state index >= 15 is 0 Å². The van der Waals surface area contributed by atoms with E-state index in [4.69, 9.17) is 4.74 Å². The van der Waals surface area contributed by atoms with Crippen LogP contribution in [0.4, 0.5) is 0 Å². The van der Waals surface area contributed by atoms with Crippen molar-refractivity contribution in [2.75, 3.05) is 13.7 Å². The lowest BCUT2D eigenvalue weighted by Crippen LogP contribution is -2.31. The van der Waals surface area contributed by atoms with E-state index in [9.17, 15) is 9.59 Å². The molecule has 34 heavy (non-hydrogen) atoms. The van der Waals surface area contributed by atoms with Gasteiger partial charge < -0.3 is 9.30 Å². The van der Waals surface area contributed by atoms with Crippen LogP contribution in [0, 0.1) is 17.3 Å². The molecule has 0 spiro atoms. The minimum absolute atomic E-state index is 0.0281. The van der Waals surface area contributed by atoms with Gasteiger partial charge in [-0.15, -0.1) is 0 Å². The maximum absolute atomic E-state index is 13.3. The number of pyridine rings is 1. The lowest BCUT2D eigenvalue weighted by Gasteiger charge is -2.36. The van der Waals surface area contributed by atoms with Crippen molar-refractivity contribution in [3.8, 4) is 0 Å². The van der Waals surface area contributed by atoms with E-state index in [0.29, 0.717) is 5.92 Å². The first-order valence-electron chi connectivity index (χ1n) is 12.6. The monoisotopic (exact) mass is 464 g/mol. The third-order valence-electron chi connectivity index (χ3n) is 7.59. The van der Waals surface area contributed by atoms with Crippen molar-refractivity contribution in [3.05, 3.63) is 63.1 Å². The number of carbonyl (C=O) groups is 1. The fourth-order valence-electron chi connectivity index (χ4n) is 5.72.